The summed E-state index contributed by atoms with van der Waals surface area (Å²) < 4.78 is 5.50. The Morgan fingerprint density at radius 3 is 2.66 bits per heavy atom. The van der Waals surface area contributed by atoms with Gasteiger partial charge in [-0.3, -0.25) is 14.6 Å². The fourth-order valence-electron chi connectivity index (χ4n) is 3.55. The predicted octanol–water partition coefficient (Wildman–Crippen LogP) is 0.617. The maximum Gasteiger partial charge on any atom is 0.251 e. The van der Waals surface area contributed by atoms with Crippen molar-refractivity contribution in [3.05, 3.63) is 23.9 Å². The summed E-state index contributed by atoms with van der Waals surface area (Å²) in [4.78, 5) is 37.1. The molecule has 0 bridgehead atoms. The number of hydrogen-bond acceptors (Lipinski definition) is 5. The molecule has 1 atom stereocenters. The Morgan fingerprint density at radius 1 is 1.24 bits per heavy atom. The zero-order valence-electron chi connectivity index (χ0n) is 17.2. The van der Waals surface area contributed by atoms with E-state index in [4.69, 9.17) is 4.74 Å². The van der Waals surface area contributed by atoms with Crippen molar-refractivity contribution in [3.8, 4) is 0 Å². The van der Waals surface area contributed by atoms with Crippen LogP contribution in [0.5, 0.6) is 0 Å². The number of aliphatic imine (C=N–C) groups is 1. The lowest BCUT2D eigenvalue weighted by atomic mass is 10.2. The van der Waals surface area contributed by atoms with Gasteiger partial charge in [0.05, 0.1) is 0 Å². The van der Waals surface area contributed by atoms with Crippen LogP contribution in [0, 0.1) is 6.92 Å². The lowest BCUT2D eigenvalue weighted by molar-refractivity contribution is -0.142. The third-order valence-corrected chi connectivity index (χ3v) is 5.10. The second-order valence-electron chi connectivity index (χ2n) is 7.25. The van der Waals surface area contributed by atoms with E-state index in [2.05, 4.69) is 25.5 Å². The summed E-state index contributed by atoms with van der Waals surface area (Å²) in [5.74, 6) is 1.31. The zero-order chi connectivity index (χ0) is 20.6. The summed E-state index contributed by atoms with van der Waals surface area (Å²) in [5.41, 5.74) is 0.860. The first-order valence-electron chi connectivity index (χ1n) is 10.2. The molecule has 2 fully saturated rings. The molecule has 0 saturated carbocycles. The number of nitrogens with one attached hydrogen (secondary N) is 2. The molecule has 3 heterocycles. The van der Waals surface area contributed by atoms with Gasteiger partial charge in [-0.25, -0.2) is 4.98 Å². The maximum atomic E-state index is 12.5. The van der Waals surface area contributed by atoms with Crippen LogP contribution in [0.15, 0.2) is 23.2 Å². The van der Waals surface area contributed by atoms with E-state index in [1.165, 1.54) is 0 Å². The van der Waals surface area contributed by atoms with E-state index in [-0.39, 0.29) is 17.9 Å². The highest BCUT2D eigenvalue weighted by Crippen LogP contribution is 2.16. The number of nitrogens with zero attached hydrogens (tertiary/aromatic N) is 4. The van der Waals surface area contributed by atoms with E-state index in [1.807, 2.05) is 24.0 Å². The number of carbonyl (C=O) groups excluding carboxylic acids is 2. The van der Waals surface area contributed by atoms with Gasteiger partial charge in [0, 0.05) is 58.5 Å². The average molecular weight is 402 g/mol. The summed E-state index contributed by atoms with van der Waals surface area (Å²) in [6.07, 6.45) is 1.83. The van der Waals surface area contributed by atoms with Crippen LogP contribution in [-0.4, -0.2) is 85.0 Å². The van der Waals surface area contributed by atoms with Gasteiger partial charge in [0.25, 0.3) is 5.91 Å². The van der Waals surface area contributed by atoms with Crippen molar-refractivity contribution in [2.45, 2.75) is 32.3 Å². The van der Waals surface area contributed by atoms with Crippen LogP contribution in [0.25, 0.3) is 0 Å². The molecule has 0 aromatic carbocycles. The molecule has 1 aromatic rings. The quantitative estimate of drug-likeness (QED) is 0.553. The highest BCUT2D eigenvalue weighted by atomic mass is 16.5. The standard InChI is InChI=1S/C20H30N6O3/c1-15-5-3-7-17(23-15)24-18(27)8-9-22-20(21-2)26-12-10-25(11-13-26)19(28)16-6-4-14-29-16/h3,5,7,16H,4,6,8-14H2,1-2H3,(H,21,22)(H,23,24,27). The summed E-state index contributed by atoms with van der Waals surface area (Å²) in [5, 5.41) is 6.03. The van der Waals surface area contributed by atoms with Crippen LogP contribution >= 0.6 is 0 Å². The largest absolute Gasteiger partial charge is 0.368 e. The molecule has 0 aliphatic carbocycles. The van der Waals surface area contributed by atoms with Crippen molar-refractivity contribution in [1.82, 2.24) is 20.1 Å². The molecule has 2 N–H and O–H groups in total. The molecular weight excluding hydrogens is 372 g/mol. The summed E-state index contributed by atoms with van der Waals surface area (Å²) >= 11 is 0. The number of aryl methyl sites for hydroxylation is 1. The van der Waals surface area contributed by atoms with Gasteiger partial charge in [-0.2, -0.15) is 0 Å². The molecule has 158 valence electrons. The fourth-order valence-corrected chi connectivity index (χ4v) is 3.55. The number of amides is 2. The Kier molecular flexibility index (Phi) is 7.40. The van der Waals surface area contributed by atoms with Crippen molar-refractivity contribution < 1.29 is 14.3 Å². The zero-order valence-corrected chi connectivity index (χ0v) is 17.2. The predicted molar refractivity (Wildman–Crippen MR) is 111 cm³/mol. The van der Waals surface area contributed by atoms with Crippen LogP contribution in [0.2, 0.25) is 0 Å². The highest BCUT2D eigenvalue weighted by Gasteiger charge is 2.30. The number of hydrogen-bond donors (Lipinski definition) is 2. The van der Waals surface area contributed by atoms with Gasteiger partial charge < -0.3 is 25.2 Å². The Morgan fingerprint density at radius 2 is 2.00 bits per heavy atom. The maximum absolute atomic E-state index is 12.5. The lowest BCUT2D eigenvalue weighted by Gasteiger charge is -2.37. The van der Waals surface area contributed by atoms with Crippen molar-refractivity contribution in [3.63, 3.8) is 0 Å². The van der Waals surface area contributed by atoms with E-state index < -0.39 is 0 Å². The Labute approximate surface area is 171 Å². The average Bonchev–Trinajstić information content (AvgIpc) is 3.26. The number of piperazine rings is 1. The first kappa shape index (κ1) is 21.0. The number of carbonyl (C=O) groups is 2. The Balaban J connectivity index is 1.39. The van der Waals surface area contributed by atoms with Gasteiger partial charge in [-0.05, 0) is 31.9 Å². The summed E-state index contributed by atoms with van der Waals surface area (Å²) in [6.45, 7) is 5.75. The van der Waals surface area contributed by atoms with Crippen LogP contribution in [0.3, 0.4) is 0 Å². The molecule has 9 heteroatoms. The third kappa shape index (κ3) is 5.90. The third-order valence-electron chi connectivity index (χ3n) is 5.10. The molecular formula is C20H30N6O3. The number of pyridine rings is 1. The van der Waals surface area contributed by atoms with Gasteiger partial charge in [-0.15, -0.1) is 0 Å². The minimum atomic E-state index is -0.264. The number of rotatable bonds is 5. The second-order valence-corrected chi connectivity index (χ2v) is 7.25. The molecule has 1 aromatic heterocycles. The van der Waals surface area contributed by atoms with Crippen molar-refractivity contribution in [2.24, 2.45) is 4.99 Å². The second kappa shape index (κ2) is 10.2. The monoisotopic (exact) mass is 402 g/mol. The SMILES string of the molecule is CN=C(NCCC(=O)Nc1cccc(C)n1)N1CCN(C(=O)C2CCCO2)CC1. The Bertz CT molecular complexity index is 739. The normalized spacial score (nSPS) is 19.9. The lowest BCUT2D eigenvalue weighted by Crippen LogP contribution is -2.55. The molecule has 3 rings (SSSR count). The number of ether oxygens (including phenoxy) is 1. The van der Waals surface area contributed by atoms with Crippen LogP contribution < -0.4 is 10.6 Å². The minimum Gasteiger partial charge on any atom is -0.368 e. The van der Waals surface area contributed by atoms with E-state index in [0.29, 0.717) is 51.6 Å². The van der Waals surface area contributed by atoms with E-state index in [1.54, 1.807) is 13.1 Å². The molecule has 0 spiro atoms. The fraction of sp³-hybridized carbons (Fsp3) is 0.600. The molecule has 2 aliphatic rings. The van der Waals surface area contributed by atoms with Crippen LogP contribution in [0.4, 0.5) is 5.82 Å². The van der Waals surface area contributed by atoms with Gasteiger partial charge in [0.1, 0.15) is 11.9 Å². The van der Waals surface area contributed by atoms with Crippen molar-refractivity contribution in [2.75, 3.05) is 51.7 Å². The number of anilines is 1. The highest BCUT2D eigenvalue weighted by molar-refractivity contribution is 5.90. The van der Waals surface area contributed by atoms with Crippen molar-refractivity contribution >= 4 is 23.6 Å². The first-order chi connectivity index (χ1) is 14.1. The van der Waals surface area contributed by atoms with E-state index >= 15 is 0 Å². The molecule has 2 amide bonds. The summed E-state index contributed by atoms with van der Waals surface area (Å²) in [6, 6.07) is 5.52. The van der Waals surface area contributed by atoms with Gasteiger partial charge in [0.15, 0.2) is 5.96 Å². The van der Waals surface area contributed by atoms with E-state index in [9.17, 15) is 9.59 Å². The Hall–Kier alpha value is -2.68. The summed E-state index contributed by atoms with van der Waals surface area (Å²) in [7, 11) is 1.73. The van der Waals surface area contributed by atoms with Gasteiger partial charge in [-0.1, -0.05) is 6.07 Å². The number of guanidine groups is 1. The van der Waals surface area contributed by atoms with Crippen LogP contribution in [0.1, 0.15) is 25.0 Å². The molecule has 9 nitrogen and oxygen atoms in total. The van der Waals surface area contributed by atoms with Crippen LogP contribution in [-0.2, 0) is 14.3 Å². The molecule has 1 unspecified atom stereocenters. The van der Waals surface area contributed by atoms with Gasteiger partial charge >= 0.3 is 0 Å². The van der Waals surface area contributed by atoms with E-state index in [0.717, 1.165) is 24.5 Å². The molecule has 2 aliphatic heterocycles. The first-order valence-corrected chi connectivity index (χ1v) is 10.2. The molecule has 2 saturated heterocycles. The number of aromatic nitrogens is 1. The smallest absolute Gasteiger partial charge is 0.251 e. The van der Waals surface area contributed by atoms with Gasteiger partial charge in [0.2, 0.25) is 5.91 Å². The minimum absolute atomic E-state index is 0.0990. The molecule has 29 heavy (non-hydrogen) atoms. The topological polar surface area (TPSA) is 99.2 Å². The van der Waals surface area contributed by atoms with Crippen molar-refractivity contribution in [1.29, 1.82) is 0 Å². The molecule has 0 radical (unpaired) electrons.